The quantitative estimate of drug-likeness (QED) is 0.272. The third kappa shape index (κ3) is 2.20. The van der Waals surface area contributed by atoms with Gasteiger partial charge in [0.25, 0.3) is 0 Å². The molecule has 3 aliphatic rings. The van der Waals surface area contributed by atoms with Gasteiger partial charge in [0.05, 0.1) is 28.4 Å². The summed E-state index contributed by atoms with van der Waals surface area (Å²) in [5.41, 5.74) is 5.90. The first kappa shape index (κ1) is 24.2. The molecule has 3 fully saturated rings. The van der Waals surface area contributed by atoms with Gasteiger partial charge in [-0.15, -0.1) is 6.57 Å². The van der Waals surface area contributed by atoms with E-state index in [0.29, 0.717) is 6.57 Å². The minimum Gasteiger partial charge on any atom is -0.144 e. The Bertz CT molecular complexity index is 645. The van der Waals surface area contributed by atoms with Gasteiger partial charge >= 0.3 is 0 Å². The first-order valence-corrected chi connectivity index (χ1v) is 27.6. The SMILES string of the molecule is CC(C)[Si]1(C(C)C)P2[Si](C(C)C)(C(C)C)[Si]1(c1ccccc1)[Si]2(C(C)C)C(C)C. The normalized spacial score (nSPS) is 29.1. The van der Waals surface area contributed by atoms with Crippen LogP contribution in [0.15, 0.2) is 30.3 Å². The van der Waals surface area contributed by atoms with Gasteiger partial charge < -0.3 is 0 Å². The van der Waals surface area contributed by atoms with Crippen LogP contribution in [-0.4, -0.2) is 28.4 Å². The highest BCUT2D eigenvalue weighted by molar-refractivity contribution is 8.79. The van der Waals surface area contributed by atoms with Crippen molar-refractivity contribution in [3.05, 3.63) is 30.3 Å². The van der Waals surface area contributed by atoms with Crippen LogP contribution in [0.2, 0.25) is 33.2 Å². The Hall–Kier alpha value is 0.518. The molecule has 0 saturated carbocycles. The summed E-state index contributed by atoms with van der Waals surface area (Å²) in [6.45, 7) is 31.1. The van der Waals surface area contributed by atoms with Crippen LogP contribution in [0.5, 0.6) is 0 Å². The number of hydrogen-bond acceptors (Lipinski definition) is 0. The van der Waals surface area contributed by atoms with Crippen LogP contribution >= 0.6 is 6.57 Å². The van der Waals surface area contributed by atoms with Crippen LogP contribution in [0.3, 0.4) is 0 Å². The van der Waals surface area contributed by atoms with Crippen LogP contribution in [-0.2, 0) is 0 Å². The molecule has 5 heteroatoms. The monoisotopic (exact) mass is 478 g/mol. The predicted molar refractivity (Wildman–Crippen MR) is 147 cm³/mol. The smallest absolute Gasteiger partial charge is 0.0850 e. The van der Waals surface area contributed by atoms with Gasteiger partial charge in [-0.2, -0.15) is 0 Å². The van der Waals surface area contributed by atoms with Crippen molar-refractivity contribution in [2.45, 2.75) is 116 Å². The van der Waals surface area contributed by atoms with Crippen molar-refractivity contribution in [2.24, 2.45) is 0 Å². The van der Waals surface area contributed by atoms with Crippen LogP contribution in [0.4, 0.5) is 0 Å². The van der Waals surface area contributed by atoms with Crippen LogP contribution in [0.1, 0.15) is 83.1 Å². The molecule has 0 spiro atoms. The number of rotatable bonds is 7. The largest absolute Gasteiger partial charge is 0.144 e. The summed E-state index contributed by atoms with van der Waals surface area (Å²) in [4.78, 5) is 0. The molecule has 3 heterocycles. The summed E-state index contributed by atoms with van der Waals surface area (Å²) in [6, 6.07) is 12.4. The zero-order chi connectivity index (χ0) is 22.2. The molecule has 1 aromatic rings. The van der Waals surface area contributed by atoms with Gasteiger partial charge in [0.15, 0.2) is 0 Å². The molecule has 0 nitrogen and oxygen atoms in total. The second-order valence-corrected chi connectivity index (χ2v) is 63.7. The van der Waals surface area contributed by atoms with Crippen molar-refractivity contribution < 1.29 is 0 Å². The van der Waals surface area contributed by atoms with Gasteiger partial charge in [-0.1, -0.05) is 119 Å². The van der Waals surface area contributed by atoms with Crippen molar-refractivity contribution in [3.63, 3.8) is 0 Å². The minimum atomic E-state index is -1.50. The molecule has 0 radical (unpaired) electrons. The Morgan fingerprint density at radius 2 is 0.759 bits per heavy atom. The summed E-state index contributed by atoms with van der Waals surface area (Å²) >= 11 is 0. The van der Waals surface area contributed by atoms with Gasteiger partial charge in [0.1, 0.15) is 0 Å². The summed E-state index contributed by atoms with van der Waals surface area (Å²) in [5.74, 6) is 0. The van der Waals surface area contributed by atoms with E-state index in [0.717, 1.165) is 33.2 Å². The average molecular weight is 479 g/mol. The Morgan fingerprint density at radius 1 is 0.483 bits per heavy atom. The van der Waals surface area contributed by atoms with Crippen LogP contribution < -0.4 is 5.19 Å². The summed E-state index contributed by atoms with van der Waals surface area (Å²) in [5, 5.41) is 1.97. The highest BCUT2D eigenvalue weighted by Gasteiger charge is 3.03. The maximum absolute atomic E-state index is 2.68. The molecule has 0 aromatic heterocycles. The van der Waals surface area contributed by atoms with E-state index in [4.69, 9.17) is 0 Å². The Kier molecular flexibility index (Phi) is 6.28. The lowest BCUT2D eigenvalue weighted by molar-refractivity contribution is 0.903. The third-order valence-electron chi connectivity index (χ3n) is 9.40. The fourth-order valence-corrected chi connectivity index (χ4v) is 271. The summed E-state index contributed by atoms with van der Waals surface area (Å²) < 4.78 is 0. The van der Waals surface area contributed by atoms with Crippen LogP contribution in [0, 0.1) is 0 Å². The Balaban J connectivity index is 2.53. The molecule has 2 bridgehead atoms. The Labute approximate surface area is 186 Å². The standard InChI is InChI=1S/C24H47PSi4/c1-18(2)26(19(3)4)25-27(20(5)6,21(7)8)29(26,24-16-14-13-15-17-24)28(25,22(9)10)23(11)12/h13-23H,1-12H3. The topological polar surface area (TPSA) is 0 Å². The second-order valence-electron chi connectivity index (χ2n) is 11.9. The van der Waals surface area contributed by atoms with Crippen molar-refractivity contribution >= 4 is 40.2 Å². The molecule has 0 aliphatic carbocycles. The lowest BCUT2D eigenvalue weighted by Crippen LogP contribution is -3.15. The molecular formula is C24H47PSi4. The second kappa shape index (κ2) is 7.54. The molecule has 164 valence electrons. The fraction of sp³-hybridized carbons (Fsp3) is 0.750. The first-order valence-electron chi connectivity index (χ1n) is 12.2. The zero-order valence-electron chi connectivity index (χ0n) is 21.3. The molecule has 29 heavy (non-hydrogen) atoms. The predicted octanol–water partition coefficient (Wildman–Crippen LogP) is 8.38. The van der Waals surface area contributed by atoms with E-state index in [2.05, 4.69) is 113 Å². The van der Waals surface area contributed by atoms with Gasteiger partial charge in [-0.3, -0.25) is 0 Å². The summed E-state index contributed by atoms with van der Waals surface area (Å²) in [6.07, 6.45) is 0. The molecule has 3 aliphatic heterocycles. The van der Waals surface area contributed by atoms with Crippen molar-refractivity contribution in [3.8, 4) is 0 Å². The van der Waals surface area contributed by atoms with Gasteiger partial charge in [-0.25, -0.2) is 0 Å². The molecule has 0 atom stereocenters. The maximum Gasteiger partial charge on any atom is 0.0850 e. The zero-order valence-corrected chi connectivity index (χ0v) is 26.2. The molecule has 1 aromatic carbocycles. The average Bonchev–Trinajstić information content (AvgIpc) is 2.52. The van der Waals surface area contributed by atoms with E-state index in [1.165, 1.54) is 0 Å². The van der Waals surface area contributed by atoms with Gasteiger partial charge in [0, 0.05) is 0 Å². The summed E-state index contributed by atoms with van der Waals surface area (Å²) in [7, 11) is -3.87. The third-order valence-corrected chi connectivity index (χ3v) is 148. The van der Waals surface area contributed by atoms with E-state index in [9.17, 15) is 0 Å². The minimum absolute atomic E-state index is 0.352. The highest BCUT2D eigenvalue weighted by Crippen LogP contribution is 3.00. The van der Waals surface area contributed by atoms with E-state index in [1.807, 2.05) is 5.19 Å². The lowest BCUT2D eigenvalue weighted by Gasteiger charge is -2.99. The molecular weight excluding hydrogens is 432 g/mol. The van der Waals surface area contributed by atoms with Crippen LogP contribution in [0.25, 0.3) is 0 Å². The van der Waals surface area contributed by atoms with E-state index in [-0.39, 0.29) is 0 Å². The van der Waals surface area contributed by atoms with Crippen molar-refractivity contribution in [1.82, 2.24) is 0 Å². The Morgan fingerprint density at radius 3 is 1.00 bits per heavy atom. The van der Waals surface area contributed by atoms with E-state index >= 15 is 0 Å². The molecule has 0 amide bonds. The number of benzene rings is 1. The van der Waals surface area contributed by atoms with Crippen molar-refractivity contribution in [2.75, 3.05) is 0 Å². The molecule has 0 N–H and O–H groups in total. The van der Waals surface area contributed by atoms with Crippen molar-refractivity contribution in [1.29, 1.82) is 0 Å². The lowest BCUT2D eigenvalue weighted by atomic mass is 10.4. The van der Waals surface area contributed by atoms with E-state index < -0.39 is 28.4 Å². The number of hydrogen-bond donors (Lipinski definition) is 0. The molecule has 3 saturated heterocycles. The van der Waals surface area contributed by atoms with E-state index in [1.54, 1.807) is 0 Å². The van der Waals surface area contributed by atoms with Gasteiger partial charge in [0.2, 0.25) is 0 Å². The molecule has 4 rings (SSSR count). The first-order chi connectivity index (χ1) is 13.4. The highest BCUT2D eigenvalue weighted by atomic mass is 32.0. The fourth-order valence-electron chi connectivity index (χ4n) is 9.75. The molecule has 0 unspecified atom stereocenters. The maximum atomic E-state index is 2.68. The van der Waals surface area contributed by atoms with Gasteiger partial charge in [-0.05, 0) is 33.2 Å².